The fourth-order valence-electron chi connectivity index (χ4n) is 2.92. The molecule has 0 aromatic heterocycles. The molecule has 1 aliphatic rings. The molecule has 0 unspecified atom stereocenters. The molecule has 0 saturated heterocycles. The molecule has 1 atom stereocenters. The standard InChI is InChI=1S/C20H22N2O3/c1-15(16-7-3-2-4-8-16)21-19(23)11-12-20(24)22-13-14-25-18-10-6-5-9-17(18)22/h2-10,15H,11-14H2,1H3,(H,21,23)/t15-/m1/s1. The number of anilines is 1. The molecule has 1 aliphatic heterocycles. The van der Waals surface area contributed by atoms with Crippen LogP contribution in [0.15, 0.2) is 54.6 Å². The monoisotopic (exact) mass is 338 g/mol. The van der Waals surface area contributed by atoms with Crippen LogP contribution in [0.3, 0.4) is 0 Å². The lowest BCUT2D eigenvalue weighted by Crippen LogP contribution is -2.38. The Hall–Kier alpha value is -2.82. The number of fused-ring (bicyclic) bond motifs is 1. The largest absolute Gasteiger partial charge is 0.490 e. The highest BCUT2D eigenvalue weighted by molar-refractivity contribution is 5.97. The molecule has 0 spiro atoms. The fourth-order valence-corrected chi connectivity index (χ4v) is 2.92. The van der Waals surface area contributed by atoms with Crippen molar-refractivity contribution in [2.75, 3.05) is 18.1 Å². The number of nitrogens with zero attached hydrogens (tertiary/aromatic N) is 1. The summed E-state index contributed by atoms with van der Waals surface area (Å²) in [5.41, 5.74) is 1.82. The van der Waals surface area contributed by atoms with Crippen LogP contribution in [0.4, 0.5) is 5.69 Å². The van der Waals surface area contributed by atoms with Crippen LogP contribution in [0.1, 0.15) is 31.4 Å². The van der Waals surface area contributed by atoms with Crippen LogP contribution in [-0.4, -0.2) is 25.0 Å². The van der Waals surface area contributed by atoms with E-state index in [1.54, 1.807) is 4.90 Å². The molecule has 1 heterocycles. The molecule has 1 N–H and O–H groups in total. The van der Waals surface area contributed by atoms with E-state index in [0.29, 0.717) is 18.9 Å². The van der Waals surface area contributed by atoms with Crippen LogP contribution in [0, 0.1) is 0 Å². The van der Waals surface area contributed by atoms with Gasteiger partial charge in [0.25, 0.3) is 0 Å². The van der Waals surface area contributed by atoms with Gasteiger partial charge in [-0.15, -0.1) is 0 Å². The second kappa shape index (κ2) is 7.83. The number of amides is 2. The Kier molecular flexibility index (Phi) is 5.33. The summed E-state index contributed by atoms with van der Waals surface area (Å²) in [5, 5.41) is 2.94. The van der Waals surface area contributed by atoms with Gasteiger partial charge in [-0.3, -0.25) is 9.59 Å². The van der Waals surface area contributed by atoms with Crippen LogP contribution in [0.2, 0.25) is 0 Å². The summed E-state index contributed by atoms with van der Waals surface area (Å²) in [6.07, 6.45) is 0.358. The highest BCUT2D eigenvalue weighted by Gasteiger charge is 2.23. The average molecular weight is 338 g/mol. The maximum Gasteiger partial charge on any atom is 0.227 e. The van der Waals surface area contributed by atoms with Crippen LogP contribution in [0.25, 0.3) is 0 Å². The van der Waals surface area contributed by atoms with E-state index in [-0.39, 0.29) is 30.7 Å². The molecular weight excluding hydrogens is 316 g/mol. The van der Waals surface area contributed by atoms with E-state index in [1.165, 1.54) is 0 Å². The summed E-state index contributed by atoms with van der Waals surface area (Å²) in [5.74, 6) is 0.536. The summed E-state index contributed by atoms with van der Waals surface area (Å²) in [6.45, 7) is 2.92. The summed E-state index contributed by atoms with van der Waals surface area (Å²) in [6, 6.07) is 17.2. The van der Waals surface area contributed by atoms with E-state index in [1.807, 2.05) is 61.5 Å². The van der Waals surface area contributed by atoms with Gasteiger partial charge in [-0.05, 0) is 24.6 Å². The minimum Gasteiger partial charge on any atom is -0.490 e. The van der Waals surface area contributed by atoms with E-state index < -0.39 is 0 Å². The van der Waals surface area contributed by atoms with Crippen molar-refractivity contribution in [2.24, 2.45) is 0 Å². The molecule has 0 saturated carbocycles. The first-order valence-corrected chi connectivity index (χ1v) is 8.51. The number of rotatable bonds is 5. The van der Waals surface area contributed by atoms with Gasteiger partial charge in [0.15, 0.2) is 0 Å². The third-order valence-corrected chi connectivity index (χ3v) is 4.27. The number of carbonyl (C=O) groups excluding carboxylic acids is 2. The molecule has 0 fully saturated rings. The van der Waals surface area contributed by atoms with Crippen molar-refractivity contribution in [2.45, 2.75) is 25.8 Å². The number of hydrogen-bond acceptors (Lipinski definition) is 3. The minimum atomic E-state index is -0.119. The lowest BCUT2D eigenvalue weighted by Gasteiger charge is -2.29. The molecule has 2 aromatic rings. The second-order valence-electron chi connectivity index (χ2n) is 6.06. The molecule has 3 rings (SSSR count). The predicted octanol–water partition coefficient (Wildman–Crippen LogP) is 3.07. The molecule has 0 radical (unpaired) electrons. The van der Waals surface area contributed by atoms with Crippen molar-refractivity contribution >= 4 is 17.5 Å². The minimum absolute atomic E-state index is 0.0572. The van der Waals surface area contributed by atoms with E-state index in [0.717, 1.165) is 11.3 Å². The zero-order valence-corrected chi connectivity index (χ0v) is 14.3. The van der Waals surface area contributed by atoms with Crippen LogP contribution in [-0.2, 0) is 9.59 Å². The SMILES string of the molecule is C[C@@H](NC(=O)CCC(=O)N1CCOc2ccccc21)c1ccccc1. The third kappa shape index (κ3) is 4.18. The molecule has 0 aliphatic carbocycles. The number of nitrogens with one attached hydrogen (secondary N) is 1. The normalized spacial score (nSPS) is 14.2. The van der Waals surface area contributed by atoms with Crippen molar-refractivity contribution in [3.63, 3.8) is 0 Å². The van der Waals surface area contributed by atoms with Crippen molar-refractivity contribution < 1.29 is 14.3 Å². The van der Waals surface area contributed by atoms with Gasteiger partial charge < -0.3 is 15.0 Å². The molecular formula is C20H22N2O3. The lowest BCUT2D eigenvalue weighted by molar-refractivity contribution is -0.125. The van der Waals surface area contributed by atoms with Gasteiger partial charge in [0.05, 0.1) is 18.3 Å². The van der Waals surface area contributed by atoms with E-state index in [2.05, 4.69) is 5.32 Å². The number of carbonyl (C=O) groups is 2. The first kappa shape index (κ1) is 17.0. The van der Waals surface area contributed by atoms with Gasteiger partial charge in [-0.25, -0.2) is 0 Å². The maximum atomic E-state index is 12.5. The van der Waals surface area contributed by atoms with Crippen LogP contribution < -0.4 is 15.0 Å². The topological polar surface area (TPSA) is 58.6 Å². The molecule has 130 valence electrons. The Balaban J connectivity index is 1.53. The highest BCUT2D eigenvalue weighted by atomic mass is 16.5. The Bertz CT molecular complexity index is 746. The van der Waals surface area contributed by atoms with Gasteiger partial charge in [0.1, 0.15) is 12.4 Å². The Labute approximate surface area is 147 Å². The summed E-state index contributed by atoms with van der Waals surface area (Å²) >= 11 is 0. The van der Waals surface area contributed by atoms with E-state index >= 15 is 0 Å². The zero-order valence-electron chi connectivity index (χ0n) is 14.3. The van der Waals surface area contributed by atoms with Crippen molar-refractivity contribution in [1.29, 1.82) is 0 Å². The van der Waals surface area contributed by atoms with E-state index in [9.17, 15) is 9.59 Å². The molecule has 5 heteroatoms. The molecule has 0 bridgehead atoms. The molecule has 5 nitrogen and oxygen atoms in total. The lowest BCUT2D eigenvalue weighted by atomic mass is 10.1. The second-order valence-corrected chi connectivity index (χ2v) is 6.06. The Morgan fingerprint density at radius 2 is 1.80 bits per heavy atom. The van der Waals surface area contributed by atoms with E-state index in [4.69, 9.17) is 4.74 Å². The molecule has 2 amide bonds. The number of benzene rings is 2. The zero-order chi connectivity index (χ0) is 17.6. The van der Waals surface area contributed by atoms with Gasteiger partial charge in [0.2, 0.25) is 11.8 Å². The van der Waals surface area contributed by atoms with Crippen LogP contribution in [0.5, 0.6) is 5.75 Å². The van der Waals surface area contributed by atoms with Crippen LogP contribution >= 0.6 is 0 Å². The quantitative estimate of drug-likeness (QED) is 0.911. The maximum absolute atomic E-state index is 12.5. The fraction of sp³-hybridized carbons (Fsp3) is 0.300. The number of ether oxygens (including phenoxy) is 1. The number of para-hydroxylation sites is 2. The van der Waals surface area contributed by atoms with Crippen molar-refractivity contribution in [1.82, 2.24) is 5.32 Å². The smallest absolute Gasteiger partial charge is 0.227 e. The first-order valence-electron chi connectivity index (χ1n) is 8.51. The Morgan fingerprint density at radius 1 is 1.08 bits per heavy atom. The van der Waals surface area contributed by atoms with Gasteiger partial charge >= 0.3 is 0 Å². The molecule has 25 heavy (non-hydrogen) atoms. The number of hydrogen-bond donors (Lipinski definition) is 1. The summed E-state index contributed by atoms with van der Waals surface area (Å²) < 4.78 is 5.56. The Morgan fingerprint density at radius 3 is 2.60 bits per heavy atom. The summed E-state index contributed by atoms with van der Waals surface area (Å²) in [7, 11) is 0. The van der Waals surface area contributed by atoms with Gasteiger partial charge in [-0.2, -0.15) is 0 Å². The van der Waals surface area contributed by atoms with Gasteiger partial charge in [0, 0.05) is 12.8 Å². The first-order chi connectivity index (χ1) is 12.1. The third-order valence-electron chi connectivity index (χ3n) is 4.27. The van der Waals surface area contributed by atoms with Crippen molar-refractivity contribution in [3.8, 4) is 5.75 Å². The van der Waals surface area contributed by atoms with Gasteiger partial charge in [-0.1, -0.05) is 42.5 Å². The molecule has 2 aromatic carbocycles. The van der Waals surface area contributed by atoms with Crippen molar-refractivity contribution in [3.05, 3.63) is 60.2 Å². The average Bonchev–Trinajstić information content (AvgIpc) is 2.66. The highest BCUT2D eigenvalue weighted by Crippen LogP contribution is 2.31. The summed E-state index contributed by atoms with van der Waals surface area (Å²) in [4.78, 5) is 26.4. The predicted molar refractivity (Wildman–Crippen MR) is 96.5 cm³/mol.